The summed E-state index contributed by atoms with van der Waals surface area (Å²) in [6, 6.07) is 20.5. The summed E-state index contributed by atoms with van der Waals surface area (Å²) >= 11 is 0. The van der Waals surface area contributed by atoms with Gasteiger partial charge in [-0.05, 0) is 28.7 Å². The van der Waals surface area contributed by atoms with Crippen LogP contribution in [0.1, 0.15) is 30.4 Å². The maximum Gasteiger partial charge on any atom is 0.137 e. The van der Waals surface area contributed by atoms with E-state index in [0.717, 1.165) is 17.6 Å². The smallest absolute Gasteiger partial charge is 0.137 e. The summed E-state index contributed by atoms with van der Waals surface area (Å²) in [6.07, 6.45) is 6.40. The molecule has 1 fully saturated rings. The predicted octanol–water partition coefficient (Wildman–Crippen LogP) is 4.91. The van der Waals surface area contributed by atoms with Crippen LogP contribution in [0, 0.1) is 0 Å². The Balaban J connectivity index is 1.96. The van der Waals surface area contributed by atoms with Gasteiger partial charge in [0.05, 0.1) is 0 Å². The molecular weight excluding hydrogens is 256 g/mol. The van der Waals surface area contributed by atoms with Gasteiger partial charge in [0, 0.05) is 12.8 Å². The molecule has 0 amide bonds. The maximum absolute atomic E-state index is 11.8. The van der Waals surface area contributed by atoms with Crippen LogP contribution in [0.25, 0.3) is 12.2 Å². The van der Waals surface area contributed by atoms with Gasteiger partial charge >= 0.3 is 0 Å². The molecule has 104 valence electrons. The first-order valence-corrected chi connectivity index (χ1v) is 7.34. The number of rotatable bonds is 2. The quantitative estimate of drug-likeness (QED) is 0.760. The molecule has 2 aromatic carbocycles. The van der Waals surface area contributed by atoms with E-state index in [1.807, 2.05) is 36.4 Å². The zero-order chi connectivity index (χ0) is 14.5. The van der Waals surface area contributed by atoms with E-state index in [2.05, 4.69) is 36.4 Å². The molecule has 0 unspecified atom stereocenters. The molecule has 1 saturated carbocycles. The van der Waals surface area contributed by atoms with Crippen molar-refractivity contribution in [1.82, 2.24) is 0 Å². The van der Waals surface area contributed by atoms with Crippen LogP contribution in [0.4, 0.5) is 0 Å². The van der Waals surface area contributed by atoms with Crippen LogP contribution in [0.3, 0.4) is 0 Å². The van der Waals surface area contributed by atoms with E-state index in [1.54, 1.807) is 0 Å². The first-order valence-electron chi connectivity index (χ1n) is 7.34. The molecule has 0 aliphatic heterocycles. The van der Waals surface area contributed by atoms with Crippen LogP contribution in [-0.4, -0.2) is 5.78 Å². The molecule has 0 aromatic heterocycles. The minimum Gasteiger partial charge on any atom is -0.299 e. The third-order valence-electron chi connectivity index (χ3n) is 3.75. The minimum absolute atomic E-state index is 0.336. The fourth-order valence-electron chi connectivity index (χ4n) is 2.66. The summed E-state index contributed by atoms with van der Waals surface area (Å²) in [5.41, 5.74) is 4.79. The van der Waals surface area contributed by atoms with E-state index in [4.69, 9.17) is 0 Å². The van der Waals surface area contributed by atoms with E-state index >= 15 is 0 Å². The van der Waals surface area contributed by atoms with Crippen molar-refractivity contribution in [3.8, 4) is 0 Å². The molecule has 0 saturated heterocycles. The van der Waals surface area contributed by atoms with Gasteiger partial charge in [0.2, 0.25) is 0 Å². The van der Waals surface area contributed by atoms with Gasteiger partial charge in [-0.15, -0.1) is 0 Å². The number of benzene rings is 2. The predicted molar refractivity (Wildman–Crippen MR) is 87.7 cm³/mol. The highest BCUT2D eigenvalue weighted by molar-refractivity contribution is 5.87. The lowest BCUT2D eigenvalue weighted by Crippen LogP contribution is -2.09. The largest absolute Gasteiger partial charge is 0.299 e. The molecule has 0 spiro atoms. The van der Waals surface area contributed by atoms with Crippen molar-refractivity contribution in [2.24, 2.45) is 0 Å². The second kappa shape index (κ2) is 6.36. The van der Waals surface area contributed by atoms with Gasteiger partial charge < -0.3 is 0 Å². The van der Waals surface area contributed by atoms with E-state index in [9.17, 15) is 4.79 Å². The van der Waals surface area contributed by atoms with Crippen LogP contribution < -0.4 is 0 Å². The molecule has 21 heavy (non-hydrogen) atoms. The Morgan fingerprint density at radius 1 is 0.667 bits per heavy atom. The van der Waals surface area contributed by atoms with Gasteiger partial charge in [-0.3, -0.25) is 4.79 Å². The van der Waals surface area contributed by atoms with Crippen molar-refractivity contribution >= 4 is 17.9 Å². The van der Waals surface area contributed by atoms with Gasteiger partial charge in [-0.25, -0.2) is 0 Å². The van der Waals surface area contributed by atoms with Crippen LogP contribution in [0.2, 0.25) is 0 Å². The lowest BCUT2D eigenvalue weighted by molar-refractivity contribution is -0.118. The zero-order valence-corrected chi connectivity index (χ0v) is 12.0. The van der Waals surface area contributed by atoms with Gasteiger partial charge in [0.1, 0.15) is 5.78 Å². The molecular formula is C20H18O. The number of hydrogen-bond acceptors (Lipinski definition) is 1. The Morgan fingerprint density at radius 3 is 1.76 bits per heavy atom. The van der Waals surface area contributed by atoms with E-state index in [-0.39, 0.29) is 0 Å². The molecule has 2 aromatic rings. The van der Waals surface area contributed by atoms with Crippen LogP contribution in [0.15, 0.2) is 71.8 Å². The van der Waals surface area contributed by atoms with Crippen LogP contribution in [-0.2, 0) is 4.79 Å². The Morgan fingerprint density at radius 2 is 1.19 bits per heavy atom. The van der Waals surface area contributed by atoms with Crippen molar-refractivity contribution in [2.75, 3.05) is 0 Å². The normalized spacial score (nSPS) is 19.1. The van der Waals surface area contributed by atoms with Crippen molar-refractivity contribution in [3.05, 3.63) is 82.9 Å². The summed E-state index contributed by atoms with van der Waals surface area (Å²) in [6.45, 7) is 0. The zero-order valence-electron chi connectivity index (χ0n) is 12.0. The Labute approximate surface area is 125 Å². The van der Waals surface area contributed by atoms with Crippen LogP contribution in [0.5, 0.6) is 0 Å². The number of carbonyl (C=O) groups excluding carboxylic acids is 1. The fourth-order valence-corrected chi connectivity index (χ4v) is 2.66. The second-order valence-corrected chi connectivity index (χ2v) is 5.38. The number of allylic oxidation sites excluding steroid dienone is 2. The summed E-state index contributed by atoms with van der Waals surface area (Å²) in [4.78, 5) is 11.8. The van der Waals surface area contributed by atoms with Crippen molar-refractivity contribution in [1.29, 1.82) is 0 Å². The number of ketones is 1. The summed E-state index contributed by atoms with van der Waals surface area (Å²) in [5.74, 6) is 0.336. The highest BCUT2D eigenvalue weighted by Gasteiger charge is 2.17. The average molecular weight is 274 g/mol. The van der Waals surface area contributed by atoms with Crippen molar-refractivity contribution < 1.29 is 4.79 Å². The summed E-state index contributed by atoms with van der Waals surface area (Å²) in [7, 11) is 0. The van der Waals surface area contributed by atoms with Gasteiger partial charge in [-0.1, -0.05) is 72.8 Å². The molecule has 1 nitrogen and oxygen atoms in total. The Kier molecular flexibility index (Phi) is 4.11. The van der Waals surface area contributed by atoms with E-state index in [0.29, 0.717) is 18.6 Å². The van der Waals surface area contributed by atoms with Gasteiger partial charge in [-0.2, -0.15) is 0 Å². The Hall–Kier alpha value is -2.41. The molecule has 0 N–H and O–H groups in total. The molecule has 3 rings (SSSR count). The summed E-state index contributed by atoms with van der Waals surface area (Å²) < 4.78 is 0. The molecule has 0 atom stereocenters. The van der Waals surface area contributed by atoms with Gasteiger partial charge in [0.25, 0.3) is 0 Å². The third kappa shape index (κ3) is 3.57. The average Bonchev–Trinajstić information content (AvgIpc) is 2.52. The molecule has 0 radical (unpaired) electrons. The highest BCUT2D eigenvalue weighted by atomic mass is 16.1. The Bertz CT molecular complexity index is 678. The minimum atomic E-state index is 0.336. The fraction of sp³-hybridized carbons (Fsp3) is 0.150. The number of Topliss-reactive ketones (excluding diaryl/α,β-unsaturated/α-hetero) is 1. The van der Waals surface area contributed by atoms with E-state index < -0.39 is 0 Å². The lowest BCUT2D eigenvalue weighted by atomic mass is 9.86. The van der Waals surface area contributed by atoms with Gasteiger partial charge in [0.15, 0.2) is 0 Å². The molecule has 1 heteroatoms. The molecule has 1 aliphatic rings. The standard InChI is InChI=1S/C20H18O/c21-20-12-11-18(13-16-7-3-1-4-8-16)19(15-20)14-17-9-5-2-6-10-17/h1-10,13-14H,11-12,15H2. The number of carbonyl (C=O) groups is 1. The molecule has 0 heterocycles. The number of hydrogen-bond donors (Lipinski definition) is 0. The highest BCUT2D eigenvalue weighted by Crippen LogP contribution is 2.30. The third-order valence-corrected chi connectivity index (χ3v) is 3.75. The monoisotopic (exact) mass is 274 g/mol. The topological polar surface area (TPSA) is 17.1 Å². The lowest BCUT2D eigenvalue weighted by Gasteiger charge is -2.18. The van der Waals surface area contributed by atoms with Crippen LogP contribution >= 0.6 is 0 Å². The summed E-state index contributed by atoms with van der Waals surface area (Å²) in [5, 5.41) is 0. The van der Waals surface area contributed by atoms with Crippen molar-refractivity contribution in [2.45, 2.75) is 19.3 Å². The second-order valence-electron chi connectivity index (χ2n) is 5.38. The first kappa shape index (κ1) is 13.6. The van der Waals surface area contributed by atoms with Crippen molar-refractivity contribution in [3.63, 3.8) is 0 Å². The maximum atomic E-state index is 11.8. The molecule has 0 bridgehead atoms. The molecule has 1 aliphatic carbocycles. The van der Waals surface area contributed by atoms with E-state index in [1.165, 1.54) is 11.1 Å². The first-order chi connectivity index (χ1) is 10.3. The SMILES string of the molecule is O=C1CCC(=Cc2ccccc2)C(=Cc2ccccc2)C1.